The molecule has 1 saturated carbocycles. The highest BCUT2D eigenvalue weighted by molar-refractivity contribution is 6.30. The molecule has 154 valence electrons. The molecule has 0 aromatic heterocycles. The second-order valence-electron chi connectivity index (χ2n) is 8.16. The molecular weight excluding hydrogens is 378 g/mol. The molecule has 28 heavy (non-hydrogen) atoms. The molecule has 1 heterocycles. The lowest BCUT2D eigenvalue weighted by Gasteiger charge is -2.42. The van der Waals surface area contributed by atoms with Gasteiger partial charge in [-0.05, 0) is 37.8 Å². The van der Waals surface area contributed by atoms with Gasteiger partial charge in [-0.1, -0.05) is 37.8 Å². The van der Waals surface area contributed by atoms with Crippen molar-refractivity contribution < 1.29 is 9.72 Å². The Labute approximate surface area is 172 Å². The summed E-state index contributed by atoms with van der Waals surface area (Å²) in [5, 5.41) is 11.7. The Morgan fingerprint density at radius 1 is 1.29 bits per heavy atom. The van der Waals surface area contributed by atoms with Crippen LogP contribution in [0, 0.1) is 23.0 Å². The molecule has 2 fully saturated rings. The highest BCUT2D eigenvalue weighted by Crippen LogP contribution is 2.30. The lowest BCUT2D eigenvalue weighted by molar-refractivity contribution is -0.385. The van der Waals surface area contributed by atoms with Gasteiger partial charge in [0.25, 0.3) is 5.69 Å². The number of halogens is 1. The quantitative estimate of drug-likeness (QED) is 0.512. The number of carbonyl (C=O) groups excluding carboxylic acids is 1. The first kappa shape index (κ1) is 21.1. The Kier molecular flexibility index (Phi) is 6.94. The maximum absolute atomic E-state index is 13.0. The molecule has 1 saturated heterocycles. The van der Waals surface area contributed by atoms with Crippen molar-refractivity contribution in [1.29, 1.82) is 0 Å². The number of carbonyl (C=O) groups is 1. The average molecular weight is 408 g/mol. The molecule has 0 bridgehead atoms. The normalized spacial score (nSPS) is 21.2. The summed E-state index contributed by atoms with van der Waals surface area (Å²) in [5.41, 5.74) is 1.64. The van der Waals surface area contributed by atoms with Crippen molar-refractivity contribution in [1.82, 2.24) is 9.80 Å². The van der Waals surface area contributed by atoms with E-state index in [-0.39, 0.29) is 22.6 Å². The minimum Gasteiger partial charge on any atom is -0.337 e. The van der Waals surface area contributed by atoms with Gasteiger partial charge < -0.3 is 4.90 Å². The van der Waals surface area contributed by atoms with Crippen LogP contribution in [-0.2, 0) is 11.3 Å². The largest absolute Gasteiger partial charge is 0.337 e. The molecule has 1 atom stereocenters. The van der Waals surface area contributed by atoms with Gasteiger partial charge in [-0.3, -0.25) is 19.8 Å². The van der Waals surface area contributed by atoms with Gasteiger partial charge in [0.2, 0.25) is 5.91 Å². The van der Waals surface area contributed by atoms with Gasteiger partial charge in [-0.15, -0.1) is 0 Å². The van der Waals surface area contributed by atoms with E-state index in [1.54, 1.807) is 6.92 Å². The summed E-state index contributed by atoms with van der Waals surface area (Å²) >= 11 is 6.12. The van der Waals surface area contributed by atoms with Crippen molar-refractivity contribution in [3.8, 4) is 0 Å². The van der Waals surface area contributed by atoms with Crippen LogP contribution in [0.4, 0.5) is 5.69 Å². The average Bonchev–Trinajstić information content (AvgIpc) is 3.19. The number of rotatable bonds is 6. The van der Waals surface area contributed by atoms with Crippen LogP contribution in [0.25, 0.3) is 0 Å². The molecule has 3 rings (SSSR count). The van der Waals surface area contributed by atoms with E-state index in [1.165, 1.54) is 18.9 Å². The molecule has 1 aromatic rings. The van der Waals surface area contributed by atoms with E-state index in [0.29, 0.717) is 23.0 Å². The van der Waals surface area contributed by atoms with Gasteiger partial charge in [-0.2, -0.15) is 0 Å². The fourth-order valence-electron chi connectivity index (χ4n) is 4.66. The maximum Gasteiger partial charge on any atom is 0.274 e. The summed E-state index contributed by atoms with van der Waals surface area (Å²) in [4.78, 5) is 28.3. The fourth-order valence-corrected chi connectivity index (χ4v) is 4.89. The van der Waals surface area contributed by atoms with Gasteiger partial charge in [0.1, 0.15) is 0 Å². The third-order valence-electron chi connectivity index (χ3n) is 6.22. The molecule has 0 unspecified atom stereocenters. The van der Waals surface area contributed by atoms with Crippen LogP contribution in [-0.4, -0.2) is 46.3 Å². The summed E-state index contributed by atoms with van der Waals surface area (Å²) < 4.78 is 0. The lowest BCUT2D eigenvalue weighted by Crippen LogP contribution is -2.56. The Morgan fingerprint density at radius 2 is 2.00 bits per heavy atom. The minimum atomic E-state index is -0.372. The number of nitro benzene ring substituents is 1. The van der Waals surface area contributed by atoms with Crippen LogP contribution in [0.1, 0.15) is 56.6 Å². The predicted molar refractivity (Wildman–Crippen MR) is 110 cm³/mol. The molecule has 0 radical (unpaired) electrons. The predicted octanol–water partition coefficient (Wildman–Crippen LogP) is 4.56. The van der Waals surface area contributed by atoms with E-state index in [0.717, 1.165) is 50.9 Å². The van der Waals surface area contributed by atoms with E-state index in [1.807, 2.05) is 6.07 Å². The van der Waals surface area contributed by atoms with E-state index in [2.05, 4.69) is 16.7 Å². The van der Waals surface area contributed by atoms with Crippen LogP contribution in [0.5, 0.6) is 0 Å². The van der Waals surface area contributed by atoms with E-state index >= 15 is 0 Å². The van der Waals surface area contributed by atoms with Crippen LogP contribution in [0.2, 0.25) is 5.02 Å². The van der Waals surface area contributed by atoms with Crippen molar-refractivity contribution >= 4 is 23.2 Å². The van der Waals surface area contributed by atoms with Crippen LogP contribution in [0.15, 0.2) is 12.1 Å². The third kappa shape index (κ3) is 4.66. The van der Waals surface area contributed by atoms with E-state index < -0.39 is 0 Å². The first-order valence-corrected chi connectivity index (χ1v) is 10.7. The summed E-state index contributed by atoms with van der Waals surface area (Å²) in [6.45, 7) is 6.90. The molecule has 1 aliphatic carbocycles. The zero-order valence-corrected chi connectivity index (χ0v) is 17.6. The number of hydrogen-bond acceptors (Lipinski definition) is 4. The summed E-state index contributed by atoms with van der Waals surface area (Å²) in [6.07, 6.45) is 6.42. The van der Waals surface area contributed by atoms with Crippen LogP contribution >= 0.6 is 11.6 Å². The molecule has 1 amide bonds. The van der Waals surface area contributed by atoms with Crippen molar-refractivity contribution in [2.75, 3.05) is 19.6 Å². The first-order chi connectivity index (χ1) is 13.4. The molecule has 2 aliphatic rings. The Balaban J connectivity index is 1.72. The van der Waals surface area contributed by atoms with Crippen molar-refractivity contribution in [3.05, 3.63) is 38.4 Å². The van der Waals surface area contributed by atoms with Crippen molar-refractivity contribution in [3.63, 3.8) is 0 Å². The third-order valence-corrected chi connectivity index (χ3v) is 6.44. The number of benzene rings is 1. The van der Waals surface area contributed by atoms with Gasteiger partial charge in [0, 0.05) is 54.8 Å². The Morgan fingerprint density at radius 3 is 2.64 bits per heavy atom. The molecular formula is C21H30ClN3O3. The first-order valence-electron chi connectivity index (χ1n) is 10.4. The second kappa shape index (κ2) is 9.23. The molecule has 7 heteroatoms. The van der Waals surface area contributed by atoms with Gasteiger partial charge in [0.05, 0.1) is 4.92 Å². The monoisotopic (exact) mass is 407 g/mol. The van der Waals surface area contributed by atoms with E-state index in [4.69, 9.17) is 11.6 Å². The second-order valence-corrected chi connectivity index (χ2v) is 8.59. The Bertz CT molecular complexity index is 734. The SMILES string of the molecule is CCC[C@@H]1CN(Cc2cc(Cl)cc([N+](=O)[O-])c2C)CCN1C(=O)C1CCCC1. The van der Waals surface area contributed by atoms with Crippen molar-refractivity contribution in [2.45, 2.75) is 65.0 Å². The number of nitro groups is 1. The number of amides is 1. The number of hydrogen-bond donors (Lipinski definition) is 0. The molecule has 1 aliphatic heterocycles. The summed E-state index contributed by atoms with van der Waals surface area (Å²) in [7, 11) is 0. The Hall–Kier alpha value is -1.66. The minimum absolute atomic E-state index is 0.0719. The van der Waals surface area contributed by atoms with Gasteiger partial charge >= 0.3 is 0 Å². The van der Waals surface area contributed by atoms with E-state index in [9.17, 15) is 14.9 Å². The van der Waals surface area contributed by atoms with Gasteiger partial charge in [-0.25, -0.2) is 0 Å². The highest BCUT2D eigenvalue weighted by Gasteiger charge is 2.34. The molecule has 0 spiro atoms. The molecule has 1 aromatic carbocycles. The summed E-state index contributed by atoms with van der Waals surface area (Å²) in [5.74, 6) is 0.550. The van der Waals surface area contributed by atoms with Gasteiger partial charge in [0.15, 0.2) is 0 Å². The number of nitrogens with zero attached hydrogens (tertiary/aromatic N) is 3. The molecule has 0 N–H and O–H groups in total. The fraction of sp³-hybridized carbons (Fsp3) is 0.667. The zero-order chi connectivity index (χ0) is 20.3. The smallest absolute Gasteiger partial charge is 0.274 e. The highest BCUT2D eigenvalue weighted by atomic mass is 35.5. The lowest BCUT2D eigenvalue weighted by atomic mass is 10.00. The zero-order valence-electron chi connectivity index (χ0n) is 16.8. The standard InChI is InChI=1S/C21H30ClN3O3/c1-3-6-19-14-23(9-10-24(19)21(26)16-7-4-5-8-16)13-17-11-18(22)12-20(15(17)2)25(27)28/h11-12,16,19H,3-10,13-14H2,1-2H3/t19-/m1/s1. The maximum atomic E-state index is 13.0. The summed E-state index contributed by atoms with van der Waals surface area (Å²) in [6, 6.07) is 3.47. The number of piperazine rings is 1. The van der Waals surface area contributed by atoms with Crippen molar-refractivity contribution in [2.24, 2.45) is 5.92 Å². The topological polar surface area (TPSA) is 66.7 Å². The molecule has 6 nitrogen and oxygen atoms in total. The van der Waals surface area contributed by atoms with Crippen LogP contribution in [0.3, 0.4) is 0 Å². The van der Waals surface area contributed by atoms with Crippen LogP contribution < -0.4 is 0 Å².